The molecule has 0 aliphatic rings. The molecular weight excluding hydrogens is 290 g/mol. The number of amides is 1. The van der Waals surface area contributed by atoms with E-state index in [2.05, 4.69) is 5.32 Å². The van der Waals surface area contributed by atoms with E-state index in [1.54, 1.807) is 7.11 Å². The summed E-state index contributed by atoms with van der Waals surface area (Å²) in [5, 5.41) is 3.01. The quantitative estimate of drug-likeness (QED) is 0.851. The fourth-order valence-electron chi connectivity index (χ4n) is 2.32. The van der Waals surface area contributed by atoms with Gasteiger partial charge in [-0.3, -0.25) is 4.79 Å². The molecule has 2 rings (SSSR count). The lowest BCUT2D eigenvalue weighted by atomic mass is 10.1. The summed E-state index contributed by atoms with van der Waals surface area (Å²) in [5.74, 6) is 1.63. The van der Waals surface area contributed by atoms with Crippen molar-refractivity contribution in [2.45, 2.75) is 26.3 Å². The van der Waals surface area contributed by atoms with E-state index in [0.29, 0.717) is 13.0 Å². The molecule has 0 heterocycles. The number of ether oxygens (including phenoxy) is 2. The Kier molecular flexibility index (Phi) is 6.03. The van der Waals surface area contributed by atoms with Crippen LogP contribution in [0.5, 0.6) is 11.5 Å². The SMILES string of the molecule is CCOc1ccc([C@H](C)NC(=O)Cc2ccc(OC)cc2)cc1. The number of rotatable bonds is 7. The van der Waals surface area contributed by atoms with Gasteiger partial charge in [-0.2, -0.15) is 0 Å². The summed E-state index contributed by atoms with van der Waals surface area (Å²) >= 11 is 0. The van der Waals surface area contributed by atoms with Crippen molar-refractivity contribution < 1.29 is 14.3 Å². The molecule has 23 heavy (non-hydrogen) atoms. The average Bonchev–Trinajstić information content (AvgIpc) is 2.56. The first-order chi connectivity index (χ1) is 11.1. The fraction of sp³-hybridized carbons (Fsp3) is 0.316. The molecule has 0 saturated heterocycles. The van der Waals surface area contributed by atoms with Crippen LogP contribution in [0, 0.1) is 0 Å². The Balaban J connectivity index is 1.90. The summed E-state index contributed by atoms with van der Waals surface area (Å²) in [5.41, 5.74) is 2.01. The monoisotopic (exact) mass is 313 g/mol. The molecule has 0 radical (unpaired) electrons. The second kappa shape index (κ2) is 8.22. The van der Waals surface area contributed by atoms with Crippen molar-refractivity contribution in [2.75, 3.05) is 13.7 Å². The van der Waals surface area contributed by atoms with E-state index >= 15 is 0 Å². The molecule has 0 unspecified atom stereocenters. The number of hydrogen-bond acceptors (Lipinski definition) is 3. The molecule has 1 N–H and O–H groups in total. The Morgan fingerprint density at radius 1 is 1.04 bits per heavy atom. The molecule has 0 spiro atoms. The lowest BCUT2D eigenvalue weighted by Crippen LogP contribution is -2.28. The van der Waals surface area contributed by atoms with Crippen LogP contribution in [0.2, 0.25) is 0 Å². The summed E-state index contributed by atoms with van der Waals surface area (Å²) in [6, 6.07) is 15.3. The Labute approximate surface area is 137 Å². The van der Waals surface area contributed by atoms with Crippen molar-refractivity contribution in [1.82, 2.24) is 5.32 Å². The lowest BCUT2D eigenvalue weighted by Gasteiger charge is -2.15. The first-order valence-electron chi connectivity index (χ1n) is 7.77. The van der Waals surface area contributed by atoms with Crippen LogP contribution in [0.1, 0.15) is 31.0 Å². The fourth-order valence-corrected chi connectivity index (χ4v) is 2.32. The zero-order valence-corrected chi connectivity index (χ0v) is 13.8. The number of hydrogen-bond donors (Lipinski definition) is 1. The van der Waals surface area contributed by atoms with E-state index in [1.165, 1.54) is 0 Å². The van der Waals surface area contributed by atoms with Gasteiger partial charge in [0, 0.05) is 0 Å². The molecule has 4 heteroatoms. The van der Waals surface area contributed by atoms with E-state index in [9.17, 15) is 4.79 Å². The highest BCUT2D eigenvalue weighted by Crippen LogP contribution is 2.18. The summed E-state index contributed by atoms with van der Waals surface area (Å²) in [7, 11) is 1.63. The minimum Gasteiger partial charge on any atom is -0.497 e. The van der Waals surface area contributed by atoms with Crippen molar-refractivity contribution in [1.29, 1.82) is 0 Å². The first-order valence-corrected chi connectivity index (χ1v) is 7.77. The highest BCUT2D eigenvalue weighted by atomic mass is 16.5. The van der Waals surface area contributed by atoms with Gasteiger partial charge in [0.2, 0.25) is 5.91 Å². The standard InChI is InChI=1S/C19H23NO3/c1-4-23-18-11-7-16(8-12-18)14(2)20-19(21)13-15-5-9-17(22-3)10-6-15/h5-12,14H,4,13H2,1-3H3,(H,20,21)/t14-/m0/s1. The Morgan fingerprint density at radius 2 is 1.65 bits per heavy atom. The molecule has 2 aromatic rings. The number of carbonyl (C=O) groups excluding carboxylic acids is 1. The zero-order chi connectivity index (χ0) is 16.7. The van der Waals surface area contributed by atoms with Gasteiger partial charge in [-0.05, 0) is 49.2 Å². The average molecular weight is 313 g/mol. The van der Waals surface area contributed by atoms with Gasteiger partial charge in [0.1, 0.15) is 11.5 Å². The molecule has 0 aliphatic heterocycles. The highest BCUT2D eigenvalue weighted by molar-refractivity contribution is 5.79. The minimum absolute atomic E-state index is 0.00319. The van der Waals surface area contributed by atoms with Crippen LogP contribution in [-0.2, 0) is 11.2 Å². The van der Waals surface area contributed by atoms with Crippen molar-refractivity contribution in [3.63, 3.8) is 0 Å². The molecule has 0 aromatic heterocycles. The normalized spacial score (nSPS) is 11.6. The number of carbonyl (C=O) groups is 1. The Hall–Kier alpha value is -2.49. The number of methoxy groups -OCH3 is 1. The van der Waals surface area contributed by atoms with Gasteiger partial charge in [0.05, 0.1) is 26.2 Å². The van der Waals surface area contributed by atoms with Gasteiger partial charge in [0.25, 0.3) is 0 Å². The molecule has 4 nitrogen and oxygen atoms in total. The second-order valence-corrected chi connectivity index (χ2v) is 5.32. The summed E-state index contributed by atoms with van der Waals surface area (Å²) < 4.78 is 10.5. The van der Waals surface area contributed by atoms with E-state index in [4.69, 9.17) is 9.47 Å². The van der Waals surface area contributed by atoms with Crippen LogP contribution < -0.4 is 14.8 Å². The maximum atomic E-state index is 12.2. The summed E-state index contributed by atoms with van der Waals surface area (Å²) in [6.07, 6.45) is 0.353. The summed E-state index contributed by atoms with van der Waals surface area (Å²) in [4.78, 5) is 12.2. The molecule has 0 fully saturated rings. The van der Waals surface area contributed by atoms with E-state index in [-0.39, 0.29) is 11.9 Å². The molecule has 1 amide bonds. The van der Waals surface area contributed by atoms with E-state index in [1.807, 2.05) is 62.4 Å². The van der Waals surface area contributed by atoms with Crippen molar-refractivity contribution in [3.05, 3.63) is 59.7 Å². The molecule has 0 bridgehead atoms. The van der Waals surface area contributed by atoms with E-state index < -0.39 is 0 Å². The van der Waals surface area contributed by atoms with Crippen LogP contribution in [-0.4, -0.2) is 19.6 Å². The highest BCUT2D eigenvalue weighted by Gasteiger charge is 2.10. The molecule has 0 saturated carbocycles. The second-order valence-electron chi connectivity index (χ2n) is 5.32. The zero-order valence-electron chi connectivity index (χ0n) is 13.8. The number of nitrogens with one attached hydrogen (secondary N) is 1. The van der Waals surface area contributed by atoms with Crippen LogP contribution in [0.25, 0.3) is 0 Å². The van der Waals surface area contributed by atoms with Gasteiger partial charge >= 0.3 is 0 Å². The van der Waals surface area contributed by atoms with Crippen LogP contribution in [0.4, 0.5) is 0 Å². The van der Waals surface area contributed by atoms with Crippen LogP contribution in [0.3, 0.4) is 0 Å². The van der Waals surface area contributed by atoms with Crippen molar-refractivity contribution >= 4 is 5.91 Å². The third kappa shape index (κ3) is 5.02. The Bertz CT molecular complexity index is 620. The first kappa shape index (κ1) is 16.9. The molecular formula is C19H23NO3. The predicted molar refractivity (Wildman–Crippen MR) is 90.9 cm³/mol. The third-order valence-corrected chi connectivity index (χ3v) is 3.59. The molecule has 122 valence electrons. The van der Waals surface area contributed by atoms with Gasteiger partial charge < -0.3 is 14.8 Å². The maximum absolute atomic E-state index is 12.2. The largest absolute Gasteiger partial charge is 0.497 e. The van der Waals surface area contributed by atoms with Gasteiger partial charge in [-0.25, -0.2) is 0 Å². The van der Waals surface area contributed by atoms with E-state index in [0.717, 1.165) is 22.6 Å². The molecule has 2 aromatic carbocycles. The Morgan fingerprint density at radius 3 is 2.22 bits per heavy atom. The van der Waals surface area contributed by atoms with Gasteiger partial charge in [0.15, 0.2) is 0 Å². The summed E-state index contributed by atoms with van der Waals surface area (Å²) in [6.45, 7) is 4.57. The number of benzene rings is 2. The topological polar surface area (TPSA) is 47.6 Å². The third-order valence-electron chi connectivity index (χ3n) is 3.59. The van der Waals surface area contributed by atoms with Crippen molar-refractivity contribution in [3.8, 4) is 11.5 Å². The molecule has 0 aliphatic carbocycles. The lowest BCUT2D eigenvalue weighted by molar-refractivity contribution is -0.121. The minimum atomic E-state index is -0.0450. The van der Waals surface area contributed by atoms with Crippen LogP contribution in [0.15, 0.2) is 48.5 Å². The van der Waals surface area contributed by atoms with Crippen LogP contribution >= 0.6 is 0 Å². The van der Waals surface area contributed by atoms with Crippen molar-refractivity contribution in [2.24, 2.45) is 0 Å². The maximum Gasteiger partial charge on any atom is 0.224 e. The van der Waals surface area contributed by atoms with Gasteiger partial charge in [-0.1, -0.05) is 24.3 Å². The smallest absolute Gasteiger partial charge is 0.224 e. The van der Waals surface area contributed by atoms with Gasteiger partial charge in [-0.15, -0.1) is 0 Å². The molecule has 1 atom stereocenters. The predicted octanol–water partition coefficient (Wildman–Crippen LogP) is 3.51.